The Morgan fingerprint density at radius 3 is 2.53 bits per heavy atom. The third kappa shape index (κ3) is 5.24. The van der Waals surface area contributed by atoms with Crippen LogP contribution in [0.25, 0.3) is 0 Å². The van der Waals surface area contributed by atoms with Crippen LogP contribution >= 0.6 is 11.8 Å². The highest BCUT2D eigenvalue weighted by molar-refractivity contribution is 7.99. The number of nitrogens with one attached hydrogen (secondary N) is 1. The lowest BCUT2D eigenvalue weighted by atomic mass is 10.1. The van der Waals surface area contributed by atoms with Crippen LogP contribution in [-0.4, -0.2) is 57.0 Å². The molecular formula is C24H29N3O5S2. The van der Waals surface area contributed by atoms with Crippen LogP contribution in [0, 0.1) is 5.92 Å². The number of carbonyl (C=O) groups excluding carboxylic acids is 2. The fourth-order valence-electron chi connectivity index (χ4n) is 4.05. The van der Waals surface area contributed by atoms with Crippen molar-refractivity contribution in [2.24, 2.45) is 5.92 Å². The number of nitrogens with zero attached hydrogens (tertiary/aromatic N) is 2. The molecule has 1 N–H and O–H groups in total. The fraction of sp³-hybridized carbons (Fsp3) is 0.417. The maximum Gasteiger partial charge on any atom is 0.243 e. The number of ether oxygens (including phenoxy) is 1. The Labute approximate surface area is 204 Å². The molecule has 1 saturated heterocycles. The zero-order valence-electron chi connectivity index (χ0n) is 19.3. The number of thioether (sulfide) groups is 1. The second kappa shape index (κ2) is 10.4. The van der Waals surface area contributed by atoms with Crippen LogP contribution < -0.4 is 15.0 Å². The molecule has 4 rings (SSSR count). The second-order valence-corrected chi connectivity index (χ2v) is 11.5. The van der Waals surface area contributed by atoms with Gasteiger partial charge in [-0.2, -0.15) is 4.31 Å². The molecule has 8 nitrogen and oxygen atoms in total. The highest BCUT2D eigenvalue weighted by Crippen LogP contribution is 2.38. The molecule has 0 aromatic heterocycles. The van der Waals surface area contributed by atoms with Crippen molar-refractivity contribution in [3.63, 3.8) is 0 Å². The summed E-state index contributed by atoms with van der Waals surface area (Å²) >= 11 is 1.50. The van der Waals surface area contributed by atoms with Crippen LogP contribution in [0.15, 0.2) is 52.3 Å². The first-order valence-corrected chi connectivity index (χ1v) is 13.7. The number of sulfonamides is 1. The van der Waals surface area contributed by atoms with E-state index in [1.165, 1.54) is 21.0 Å². The molecule has 2 aromatic rings. The number of carbonyl (C=O) groups is 2. The van der Waals surface area contributed by atoms with Gasteiger partial charge in [0.2, 0.25) is 21.8 Å². The number of hydrogen-bond donors (Lipinski definition) is 1. The summed E-state index contributed by atoms with van der Waals surface area (Å²) in [5, 5.41) is 2.85. The molecule has 2 aliphatic heterocycles. The van der Waals surface area contributed by atoms with Crippen molar-refractivity contribution in [3.05, 3.63) is 48.0 Å². The number of methoxy groups -OCH3 is 1. The van der Waals surface area contributed by atoms with Gasteiger partial charge in [0.1, 0.15) is 12.3 Å². The molecule has 0 unspecified atom stereocenters. The molecule has 0 bridgehead atoms. The molecule has 2 aliphatic rings. The number of benzene rings is 2. The van der Waals surface area contributed by atoms with Crippen LogP contribution in [0.2, 0.25) is 0 Å². The second-order valence-electron chi connectivity index (χ2n) is 8.50. The summed E-state index contributed by atoms with van der Waals surface area (Å²) in [6.45, 7) is 2.96. The highest BCUT2D eigenvalue weighted by atomic mass is 32.2. The third-order valence-corrected chi connectivity index (χ3v) is 9.27. The van der Waals surface area contributed by atoms with Crippen molar-refractivity contribution < 1.29 is 22.7 Å². The normalized spacial score (nSPS) is 18.9. The first-order valence-electron chi connectivity index (χ1n) is 11.3. The highest BCUT2D eigenvalue weighted by Gasteiger charge is 2.33. The third-order valence-electron chi connectivity index (χ3n) is 6.05. The number of rotatable bonds is 7. The maximum absolute atomic E-state index is 13.2. The van der Waals surface area contributed by atoms with Gasteiger partial charge >= 0.3 is 0 Å². The molecule has 1 fully saturated rings. The van der Waals surface area contributed by atoms with Gasteiger partial charge in [-0.3, -0.25) is 9.59 Å². The van der Waals surface area contributed by atoms with Crippen molar-refractivity contribution in [1.82, 2.24) is 9.62 Å². The average Bonchev–Trinajstić information content (AvgIpc) is 3.37. The molecule has 2 aromatic carbocycles. The first kappa shape index (κ1) is 24.6. The predicted octanol–water partition coefficient (Wildman–Crippen LogP) is 2.87. The molecule has 10 heteroatoms. The largest absolute Gasteiger partial charge is 0.497 e. The van der Waals surface area contributed by atoms with Gasteiger partial charge in [0.15, 0.2) is 0 Å². The Hall–Kier alpha value is -2.56. The average molecular weight is 504 g/mol. The summed E-state index contributed by atoms with van der Waals surface area (Å²) in [6, 6.07) is 12.2. The van der Waals surface area contributed by atoms with Crippen LogP contribution in [0.5, 0.6) is 5.75 Å². The summed E-state index contributed by atoms with van der Waals surface area (Å²) in [6.07, 6.45) is 1.69. The van der Waals surface area contributed by atoms with E-state index in [2.05, 4.69) is 5.32 Å². The summed E-state index contributed by atoms with van der Waals surface area (Å²) in [5.41, 5.74) is 1.37. The molecule has 2 amide bonds. The lowest BCUT2D eigenvalue weighted by Crippen LogP contribution is -2.43. The number of fused-ring (bicyclic) bond motifs is 1. The first-order chi connectivity index (χ1) is 16.3. The van der Waals surface area contributed by atoms with E-state index >= 15 is 0 Å². The Morgan fingerprint density at radius 2 is 1.85 bits per heavy atom. The van der Waals surface area contributed by atoms with Crippen molar-refractivity contribution in [3.8, 4) is 5.75 Å². The van der Waals surface area contributed by atoms with E-state index in [0.717, 1.165) is 29.1 Å². The van der Waals surface area contributed by atoms with Crippen LogP contribution in [0.4, 0.5) is 5.69 Å². The molecule has 182 valence electrons. The van der Waals surface area contributed by atoms with Crippen molar-refractivity contribution in [2.75, 3.05) is 37.4 Å². The SMILES string of the molecule is COc1ccc(CNC(=O)CN2C(=O)[C@@H](C)CSc3ccc(S(=O)(=O)N4CCCC4)cc32)cc1. The lowest BCUT2D eigenvalue weighted by molar-refractivity contribution is -0.125. The van der Waals surface area contributed by atoms with Gasteiger partial charge in [-0.05, 0) is 48.7 Å². The van der Waals surface area contributed by atoms with Crippen molar-refractivity contribution >= 4 is 39.3 Å². The van der Waals surface area contributed by atoms with Gasteiger partial charge in [0, 0.05) is 36.2 Å². The molecular weight excluding hydrogens is 474 g/mol. The number of hydrogen-bond acceptors (Lipinski definition) is 6. The molecule has 0 saturated carbocycles. The van der Waals surface area contributed by atoms with Gasteiger partial charge in [-0.1, -0.05) is 19.1 Å². The van der Waals surface area contributed by atoms with Gasteiger partial charge in [0.25, 0.3) is 0 Å². The zero-order valence-corrected chi connectivity index (χ0v) is 21.0. The van der Waals surface area contributed by atoms with Crippen molar-refractivity contribution in [2.45, 2.75) is 36.1 Å². The minimum absolute atomic E-state index is 0.153. The molecule has 1 atom stereocenters. The van der Waals surface area contributed by atoms with E-state index in [9.17, 15) is 18.0 Å². The smallest absolute Gasteiger partial charge is 0.243 e. The summed E-state index contributed by atoms with van der Waals surface area (Å²) in [5.74, 6) is 0.482. The van der Waals surface area contributed by atoms with E-state index < -0.39 is 10.0 Å². The van der Waals surface area contributed by atoms with Gasteiger partial charge in [0.05, 0.1) is 17.7 Å². The molecule has 2 heterocycles. The van der Waals surface area contributed by atoms with E-state index in [1.807, 2.05) is 31.2 Å². The van der Waals surface area contributed by atoms with Gasteiger partial charge in [-0.25, -0.2) is 8.42 Å². The van der Waals surface area contributed by atoms with Crippen LogP contribution in [-0.2, 0) is 26.2 Å². The maximum atomic E-state index is 13.2. The van der Waals surface area contributed by atoms with E-state index in [1.54, 1.807) is 25.3 Å². The number of amides is 2. The molecule has 0 spiro atoms. The van der Waals surface area contributed by atoms with Crippen LogP contribution in [0.3, 0.4) is 0 Å². The predicted molar refractivity (Wildman–Crippen MR) is 132 cm³/mol. The lowest BCUT2D eigenvalue weighted by Gasteiger charge is -2.25. The Kier molecular flexibility index (Phi) is 7.49. The van der Waals surface area contributed by atoms with Crippen molar-refractivity contribution in [1.29, 1.82) is 0 Å². The standard InChI is InChI=1S/C24H29N3O5S2/c1-17-16-33-22-10-9-20(34(30,31)26-11-3-4-12-26)13-21(22)27(24(17)29)15-23(28)25-14-18-5-7-19(32-2)8-6-18/h5-10,13,17H,3-4,11-12,14-16H2,1-2H3,(H,25,28)/t17-/m0/s1. The van der Waals surface area contributed by atoms with Gasteiger partial charge < -0.3 is 15.0 Å². The molecule has 0 radical (unpaired) electrons. The zero-order chi connectivity index (χ0) is 24.3. The summed E-state index contributed by atoms with van der Waals surface area (Å²) < 4.78 is 32.9. The quantitative estimate of drug-likeness (QED) is 0.624. The Morgan fingerprint density at radius 1 is 1.15 bits per heavy atom. The topological polar surface area (TPSA) is 96.0 Å². The van der Waals surface area contributed by atoms with E-state index in [0.29, 0.717) is 31.1 Å². The Balaban J connectivity index is 1.55. The van der Waals surface area contributed by atoms with E-state index in [-0.39, 0.29) is 29.2 Å². The van der Waals surface area contributed by atoms with E-state index in [4.69, 9.17) is 4.74 Å². The minimum Gasteiger partial charge on any atom is -0.497 e. The summed E-state index contributed by atoms with van der Waals surface area (Å²) in [4.78, 5) is 28.3. The molecule has 0 aliphatic carbocycles. The summed E-state index contributed by atoms with van der Waals surface area (Å²) in [7, 11) is -2.05. The van der Waals surface area contributed by atoms with Gasteiger partial charge in [-0.15, -0.1) is 11.8 Å². The fourth-order valence-corrected chi connectivity index (χ4v) is 6.64. The monoisotopic (exact) mass is 503 g/mol. The number of anilines is 1. The minimum atomic E-state index is -3.64. The Bertz CT molecular complexity index is 1160. The van der Waals surface area contributed by atoms with Crippen LogP contribution in [0.1, 0.15) is 25.3 Å². The molecule has 34 heavy (non-hydrogen) atoms.